The molecule has 1 amide bonds. The number of pyridine rings is 2. The van der Waals surface area contributed by atoms with E-state index in [0.717, 1.165) is 10.1 Å². The van der Waals surface area contributed by atoms with Gasteiger partial charge in [-0.05, 0) is 37.3 Å². The number of hydrogen-bond acceptors (Lipinski definition) is 3. The van der Waals surface area contributed by atoms with E-state index in [1.807, 2.05) is 0 Å². The van der Waals surface area contributed by atoms with Gasteiger partial charge in [-0.15, -0.1) is 0 Å². The first-order valence-electron chi connectivity index (χ1n) is 6.72. The molecule has 7 heteroatoms. The van der Waals surface area contributed by atoms with Crippen molar-refractivity contribution in [2.45, 2.75) is 6.92 Å². The van der Waals surface area contributed by atoms with Crippen LogP contribution in [0, 0.1) is 6.92 Å². The molecule has 0 radical (unpaired) electrons. The average molecular weight is 348 g/mol. The van der Waals surface area contributed by atoms with Crippen molar-refractivity contribution in [1.82, 2.24) is 9.66 Å². The van der Waals surface area contributed by atoms with Crippen LogP contribution in [0.2, 0.25) is 10.0 Å². The summed E-state index contributed by atoms with van der Waals surface area (Å²) in [6.07, 6.45) is 1.54. The van der Waals surface area contributed by atoms with E-state index in [-0.39, 0.29) is 21.2 Å². The molecule has 0 unspecified atom stereocenters. The minimum atomic E-state index is -0.583. The van der Waals surface area contributed by atoms with E-state index < -0.39 is 5.91 Å². The van der Waals surface area contributed by atoms with Crippen molar-refractivity contribution >= 4 is 40.1 Å². The van der Waals surface area contributed by atoms with Crippen LogP contribution in [-0.4, -0.2) is 15.6 Å². The van der Waals surface area contributed by atoms with Crippen molar-refractivity contribution in [1.29, 1.82) is 0 Å². The molecule has 0 saturated heterocycles. The largest absolute Gasteiger partial charge is 0.274 e. The van der Waals surface area contributed by atoms with E-state index in [2.05, 4.69) is 10.4 Å². The number of nitrogens with one attached hydrogen (secondary N) is 1. The van der Waals surface area contributed by atoms with Gasteiger partial charge in [-0.2, -0.15) is 4.68 Å². The van der Waals surface area contributed by atoms with E-state index in [1.165, 1.54) is 0 Å². The summed E-state index contributed by atoms with van der Waals surface area (Å²) >= 11 is 12.1. The van der Waals surface area contributed by atoms with Crippen molar-refractivity contribution in [3.8, 4) is 0 Å². The third kappa shape index (κ3) is 2.81. The highest BCUT2D eigenvalue weighted by Gasteiger charge is 2.17. The zero-order valence-corrected chi connectivity index (χ0v) is 13.5. The average Bonchev–Trinajstić information content (AvgIpc) is 2.51. The molecule has 3 rings (SSSR count). The number of amides is 1. The molecule has 5 nitrogen and oxygen atoms in total. The molecule has 0 aliphatic carbocycles. The van der Waals surface area contributed by atoms with Crippen LogP contribution in [0.1, 0.15) is 15.9 Å². The summed E-state index contributed by atoms with van der Waals surface area (Å²) < 4.78 is 1.10. The van der Waals surface area contributed by atoms with Gasteiger partial charge in [-0.3, -0.25) is 15.0 Å². The number of benzene rings is 1. The quantitative estimate of drug-likeness (QED) is 0.772. The van der Waals surface area contributed by atoms with Crippen molar-refractivity contribution < 1.29 is 4.79 Å². The van der Waals surface area contributed by atoms with Crippen LogP contribution in [0.25, 0.3) is 11.0 Å². The number of carbonyl (C=O) groups is 1. The molecule has 3 aromatic rings. The highest BCUT2D eigenvalue weighted by Crippen LogP contribution is 2.24. The fourth-order valence-corrected chi connectivity index (χ4v) is 2.82. The van der Waals surface area contributed by atoms with Gasteiger partial charge in [0.05, 0.1) is 15.6 Å². The van der Waals surface area contributed by atoms with Crippen LogP contribution < -0.4 is 11.0 Å². The molecule has 2 heterocycles. The van der Waals surface area contributed by atoms with E-state index in [1.54, 1.807) is 49.5 Å². The number of rotatable bonds is 2. The standard InChI is InChI=1S/C16H11Cl2N3O2/c1-9-8-10-4-3-7-19-14(10)21(16(9)23)20-15(22)13-11(17)5-2-6-12(13)18/h2-8H,1H3,(H,20,22). The lowest BCUT2D eigenvalue weighted by Crippen LogP contribution is -2.35. The fraction of sp³-hybridized carbons (Fsp3) is 0.0625. The molecule has 23 heavy (non-hydrogen) atoms. The molecule has 0 saturated carbocycles. The Morgan fingerprint density at radius 3 is 2.57 bits per heavy atom. The molecule has 0 atom stereocenters. The first-order valence-corrected chi connectivity index (χ1v) is 7.47. The molecule has 0 aliphatic rings. The number of nitrogens with zero attached hydrogens (tertiary/aromatic N) is 2. The number of halogens is 2. The second kappa shape index (κ2) is 6.02. The Balaban J connectivity index is 2.14. The second-order valence-corrected chi connectivity index (χ2v) is 5.74. The van der Waals surface area contributed by atoms with Gasteiger partial charge in [0.2, 0.25) is 0 Å². The van der Waals surface area contributed by atoms with Crippen LogP contribution in [0.3, 0.4) is 0 Å². The Morgan fingerprint density at radius 2 is 1.87 bits per heavy atom. The lowest BCUT2D eigenvalue weighted by Gasteiger charge is -2.13. The van der Waals surface area contributed by atoms with Crippen molar-refractivity contribution in [2.24, 2.45) is 0 Å². The topological polar surface area (TPSA) is 64.0 Å². The summed E-state index contributed by atoms with van der Waals surface area (Å²) in [4.78, 5) is 29.0. The van der Waals surface area contributed by atoms with Gasteiger partial charge >= 0.3 is 0 Å². The summed E-state index contributed by atoms with van der Waals surface area (Å²) in [6, 6.07) is 10.0. The normalized spacial score (nSPS) is 10.7. The molecule has 0 bridgehead atoms. The Labute approximate surface area is 141 Å². The van der Waals surface area contributed by atoms with Crippen LogP contribution in [-0.2, 0) is 0 Å². The van der Waals surface area contributed by atoms with Crippen molar-refractivity contribution in [3.05, 3.63) is 74.1 Å². The van der Waals surface area contributed by atoms with Gasteiger partial charge in [0.15, 0.2) is 5.65 Å². The van der Waals surface area contributed by atoms with Gasteiger partial charge in [0, 0.05) is 17.1 Å². The smallest absolute Gasteiger partial charge is 0.267 e. The predicted octanol–water partition coefficient (Wildman–Crippen LogP) is 3.40. The predicted molar refractivity (Wildman–Crippen MR) is 90.9 cm³/mol. The van der Waals surface area contributed by atoms with Crippen molar-refractivity contribution in [3.63, 3.8) is 0 Å². The first kappa shape index (κ1) is 15.5. The number of fused-ring (bicyclic) bond motifs is 1. The molecule has 0 fully saturated rings. The van der Waals surface area contributed by atoms with Crippen molar-refractivity contribution in [2.75, 3.05) is 5.43 Å². The van der Waals surface area contributed by atoms with Crippen LogP contribution >= 0.6 is 23.2 Å². The van der Waals surface area contributed by atoms with E-state index in [4.69, 9.17) is 23.2 Å². The van der Waals surface area contributed by atoms with E-state index in [9.17, 15) is 9.59 Å². The number of hydrogen-bond donors (Lipinski definition) is 1. The Morgan fingerprint density at radius 1 is 1.17 bits per heavy atom. The van der Waals surface area contributed by atoms with Gasteiger partial charge < -0.3 is 0 Å². The maximum absolute atomic E-state index is 12.5. The van der Waals surface area contributed by atoms with Gasteiger partial charge in [-0.1, -0.05) is 29.3 Å². The number of aryl methyl sites for hydroxylation is 1. The SMILES string of the molecule is Cc1cc2cccnc2n(NC(=O)c2c(Cl)cccc2Cl)c1=O. The zero-order chi connectivity index (χ0) is 16.6. The molecule has 1 aromatic carbocycles. The van der Waals surface area contributed by atoms with Gasteiger partial charge in [0.1, 0.15) is 0 Å². The summed E-state index contributed by atoms with van der Waals surface area (Å²) in [5.74, 6) is -0.583. The van der Waals surface area contributed by atoms with Gasteiger partial charge in [-0.25, -0.2) is 4.98 Å². The summed E-state index contributed by atoms with van der Waals surface area (Å²) in [5.41, 5.74) is 3.09. The minimum absolute atomic E-state index is 0.105. The third-order valence-electron chi connectivity index (χ3n) is 3.34. The summed E-state index contributed by atoms with van der Waals surface area (Å²) in [5, 5.41) is 1.14. The van der Waals surface area contributed by atoms with Crippen LogP contribution in [0.5, 0.6) is 0 Å². The highest BCUT2D eigenvalue weighted by molar-refractivity contribution is 6.40. The molecule has 2 aromatic heterocycles. The lowest BCUT2D eigenvalue weighted by molar-refractivity contribution is 0.101. The molecular formula is C16H11Cl2N3O2. The Bertz CT molecular complexity index is 962. The zero-order valence-electron chi connectivity index (χ0n) is 12.0. The number of carbonyl (C=O) groups excluding carboxylic acids is 1. The summed E-state index contributed by atoms with van der Waals surface area (Å²) in [6.45, 7) is 1.67. The van der Waals surface area contributed by atoms with Crippen LogP contribution in [0.15, 0.2) is 47.4 Å². The Kier molecular flexibility index (Phi) is 4.07. The molecule has 116 valence electrons. The first-order chi connectivity index (χ1) is 11.0. The van der Waals surface area contributed by atoms with Gasteiger partial charge in [0.25, 0.3) is 11.5 Å². The maximum Gasteiger partial charge on any atom is 0.274 e. The molecule has 0 spiro atoms. The van der Waals surface area contributed by atoms with E-state index in [0.29, 0.717) is 11.2 Å². The fourth-order valence-electron chi connectivity index (χ4n) is 2.25. The third-order valence-corrected chi connectivity index (χ3v) is 3.97. The molecular weight excluding hydrogens is 337 g/mol. The molecule has 0 aliphatic heterocycles. The highest BCUT2D eigenvalue weighted by atomic mass is 35.5. The minimum Gasteiger partial charge on any atom is -0.267 e. The second-order valence-electron chi connectivity index (χ2n) is 4.92. The lowest BCUT2D eigenvalue weighted by atomic mass is 10.2. The molecule has 1 N–H and O–H groups in total. The maximum atomic E-state index is 12.5. The monoisotopic (exact) mass is 347 g/mol. The van der Waals surface area contributed by atoms with Crippen LogP contribution in [0.4, 0.5) is 0 Å². The van der Waals surface area contributed by atoms with E-state index >= 15 is 0 Å². The number of aromatic nitrogens is 2. The Hall–Kier alpha value is -2.37. The summed E-state index contributed by atoms with van der Waals surface area (Å²) in [7, 11) is 0.